The molecule has 0 bridgehead atoms. The van der Waals surface area contributed by atoms with E-state index in [-0.39, 0.29) is 29.8 Å². The number of amides is 1. The van der Waals surface area contributed by atoms with Crippen LogP contribution in [0.4, 0.5) is 0 Å². The van der Waals surface area contributed by atoms with Crippen LogP contribution in [-0.4, -0.2) is 25.5 Å². The van der Waals surface area contributed by atoms with Crippen LogP contribution in [-0.2, 0) is 10.2 Å². The molecule has 0 aliphatic heterocycles. The van der Waals surface area contributed by atoms with Gasteiger partial charge in [-0.2, -0.15) is 0 Å². The van der Waals surface area contributed by atoms with E-state index in [1.54, 1.807) is 0 Å². The molecule has 0 aliphatic carbocycles. The Labute approximate surface area is 135 Å². The first-order chi connectivity index (χ1) is 9.52. The van der Waals surface area contributed by atoms with Crippen molar-refractivity contribution in [3.63, 3.8) is 0 Å². The van der Waals surface area contributed by atoms with Crippen LogP contribution >= 0.6 is 12.4 Å². The van der Waals surface area contributed by atoms with E-state index in [9.17, 15) is 4.79 Å². The second-order valence-electron chi connectivity index (χ2n) is 5.82. The maximum atomic E-state index is 12.0. The molecule has 1 aromatic carbocycles. The van der Waals surface area contributed by atoms with Gasteiger partial charge in [-0.1, -0.05) is 51.1 Å². The molecule has 1 amide bonds. The molecule has 0 aromatic heterocycles. The Bertz CT molecular complexity index is 407. The molecule has 0 heterocycles. The van der Waals surface area contributed by atoms with Crippen molar-refractivity contribution in [2.24, 2.45) is 0 Å². The Balaban J connectivity index is 0.00000400. The largest absolute Gasteiger partial charge is 0.353 e. The molecule has 0 aliphatic rings. The lowest BCUT2D eigenvalue weighted by Crippen LogP contribution is -2.47. The maximum Gasteiger partial charge on any atom is 0.220 e. The summed E-state index contributed by atoms with van der Waals surface area (Å²) in [6.45, 7) is 7.41. The van der Waals surface area contributed by atoms with E-state index in [0.717, 1.165) is 19.4 Å². The summed E-state index contributed by atoms with van der Waals surface area (Å²) in [5.74, 6) is 0.149. The van der Waals surface area contributed by atoms with Crippen molar-refractivity contribution in [1.29, 1.82) is 0 Å². The van der Waals surface area contributed by atoms with Crippen molar-refractivity contribution in [3.8, 4) is 0 Å². The van der Waals surface area contributed by atoms with Crippen molar-refractivity contribution in [2.45, 2.75) is 51.5 Å². The van der Waals surface area contributed by atoms with Crippen LogP contribution in [0.25, 0.3) is 0 Å². The van der Waals surface area contributed by atoms with Crippen molar-refractivity contribution in [2.75, 3.05) is 13.6 Å². The number of hydrogen-bond acceptors (Lipinski definition) is 2. The second kappa shape index (κ2) is 9.80. The van der Waals surface area contributed by atoms with Crippen LogP contribution in [0, 0.1) is 0 Å². The van der Waals surface area contributed by atoms with E-state index in [2.05, 4.69) is 55.7 Å². The zero-order chi connectivity index (χ0) is 15.0. The Morgan fingerprint density at radius 1 is 1.24 bits per heavy atom. The first-order valence-corrected chi connectivity index (χ1v) is 7.51. The summed E-state index contributed by atoms with van der Waals surface area (Å²) in [4.78, 5) is 12.0. The topological polar surface area (TPSA) is 41.1 Å². The molecule has 0 saturated heterocycles. The number of carbonyl (C=O) groups excluding carboxylic acids is 1. The van der Waals surface area contributed by atoms with Crippen molar-refractivity contribution >= 4 is 18.3 Å². The van der Waals surface area contributed by atoms with Crippen LogP contribution in [0.15, 0.2) is 30.3 Å². The van der Waals surface area contributed by atoms with E-state index in [1.165, 1.54) is 5.56 Å². The van der Waals surface area contributed by atoms with Gasteiger partial charge in [-0.05, 0) is 32.0 Å². The number of rotatable bonds is 8. The zero-order valence-corrected chi connectivity index (χ0v) is 14.4. The molecule has 0 spiro atoms. The third kappa shape index (κ3) is 6.06. The van der Waals surface area contributed by atoms with Gasteiger partial charge in [-0.25, -0.2) is 0 Å². The molecule has 1 aromatic rings. The molecule has 1 rings (SSSR count). The molecule has 0 fully saturated rings. The summed E-state index contributed by atoms with van der Waals surface area (Å²) in [5, 5.41) is 6.26. The smallest absolute Gasteiger partial charge is 0.220 e. The van der Waals surface area contributed by atoms with Gasteiger partial charge < -0.3 is 10.6 Å². The lowest BCUT2D eigenvalue weighted by atomic mass is 9.76. The van der Waals surface area contributed by atoms with Gasteiger partial charge in [0.1, 0.15) is 0 Å². The molecule has 4 heteroatoms. The average Bonchev–Trinajstić information content (AvgIpc) is 2.45. The minimum atomic E-state index is -0.0608. The first-order valence-electron chi connectivity index (χ1n) is 7.51. The predicted octanol–water partition coefficient (Wildman–Crippen LogP) is 3.28. The van der Waals surface area contributed by atoms with E-state index in [0.29, 0.717) is 6.42 Å². The van der Waals surface area contributed by atoms with Gasteiger partial charge in [0.15, 0.2) is 0 Å². The van der Waals surface area contributed by atoms with Gasteiger partial charge in [-0.15, -0.1) is 12.4 Å². The third-order valence-corrected chi connectivity index (χ3v) is 3.96. The van der Waals surface area contributed by atoms with Crippen LogP contribution < -0.4 is 10.6 Å². The number of carbonyl (C=O) groups is 1. The molecule has 2 N–H and O–H groups in total. The predicted molar refractivity (Wildman–Crippen MR) is 92.1 cm³/mol. The minimum absolute atomic E-state index is 0. The lowest BCUT2D eigenvalue weighted by molar-refractivity contribution is -0.122. The molecule has 0 saturated carbocycles. The lowest BCUT2D eigenvalue weighted by Gasteiger charge is -2.35. The molecule has 21 heavy (non-hydrogen) atoms. The monoisotopic (exact) mass is 312 g/mol. The number of hydrogen-bond donors (Lipinski definition) is 2. The van der Waals surface area contributed by atoms with Crippen molar-refractivity contribution in [3.05, 3.63) is 35.9 Å². The summed E-state index contributed by atoms with van der Waals surface area (Å²) >= 11 is 0. The SMILES string of the molecule is CCC(NC(=O)CCCNC)C(C)(C)c1ccccc1.Cl. The molecular formula is C17H29ClN2O. The van der Waals surface area contributed by atoms with E-state index < -0.39 is 0 Å². The van der Waals surface area contributed by atoms with E-state index in [4.69, 9.17) is 0 Å². The summed E-state index contributed by atoms with van der Waals surface area (Å²) in [6.07, 6.45) is 2.40. The fourth-order valence-electron chi connectivity index (χ4n) is 2.55. The Kier molecular flexibility index (Phi) is 9.31. The third-order valence-electron chi connectivity index (χ3n) is 3.96. The van der Waals surface area contributed by atoms with Gasteiger partial charge in [0.05, 0.1) is 0 Å². The highest BCUT2D eigenvalue weighted by Crippen LogP contribution is 2.28. The van der Waals surface area contributed by atoms with Crippen molar-refractivity contribution in [1.82, 2.24) is 10.6 Å². The number of benzene rings is 1. The van der Waals surface area contributed by atoms with Gasteiger partial charge in [0, 0.05) is 17.9 Å². The zero-order valence-electron chi connectivity index (χ0n) is 13.6. The van der Waals surface area contributed by atoms with E-state index in [1.807, 2.05) is 13.1 Å². The van der Waals surface area contributed by atoms with Crippen LogP contribution in [0.2, 0.25) is 0 Å². The van der Waals surface area contributed by atoms with Gasteiger partial charge in [0.2, 0.25) is 5.91 Å². The minimum Gasteiger partial charge on any atom is -0.353 e. The van der Waals surface area contributed by atoms with E-state index >= 15 is 0 Å². The number of nitrogens with one attached hydrogen (secondary N) is 2. The second-order valence-corrected chi connectivity index (χ2v) is 5.82. The molecule has 1 atom stereocenters. The summed E-state index contributed by atoms with van der Waals surface area (Å²) in [6, 6.07) is 10.6. The summed E-state index contributed by atoms with van der Waals surface area (Å²) in [5.41, 5.74) is 1.21. The fourth-order valence-corrected chi connectivity index (χ4v) is 2.55. The van der Waals surface area contributed by atoms with Crippen molar-refractivity contribution < 1.29 is 4.79 Å². The standard InChI is InChI=1S/C17H28N2O.ClH/c1-5-15(19-16(20)12-9-13-18-4)17(2,3)14-10-7-6-8-11-14;/h6-8,10-11,15,18H,5,9,12-13H2,1-4H3,(H,19,20);1H. The Morgan fingerprint density at radius 2 is 1.86 bits per heavy atom. The van der Waals surface area contributed by atoms with Gasteiger partial charge in [0.25, 0.3) is 0 Å². The highest BCUT2D eigenvalue weighted by Gasteiger charge is 2.30. The molecular weight excluding hydrogens is 284 g/mol. The first kappa shape index (κ1) is 19.9. The summed E-state index contributed by atoms with van der Waals surface area (Å²) < 4.78 is 0. The molecule has 0 radical (unpaired) electrons. The molecule has 3 nitrogen and oxygen atoms in total. The highest BCUT2D eigenvalue weighted by molar-refractivity contribution is 5.85. The van der Waals surface area contributed by atoms with Gasteiger partial charge in [-0.3, -0.25) is 4.79 Å². The average molecular weight is 313 g/mol. The number of halogens is 1. The summed E-state index contributed by atoms with van der Waals surface area (Å²) in [7, 11) is 1.91. The fraction of sp³-hybridized carbons (Fsp3) is 0.588. The van der Waals surface area contributed by atoms with Crippen LogP contribution in [0.1, 0.15) is 45.6 Å². The Hall–Kier alpha value is -1.06. The normalized spacial score (nSPS) is 12.4. The maximum absolute atomic E-state index is 12.0. The van der Waals surface area contributed by atoms with Crippen LogP contribution in [0.3, 0.4) is 0 Å². The molecule has 1 unspecified atom stereocenters. The highest BCUT2D eigenvalue weighted by atomic mass is 35.5. The van der Waals surface area contributed by atoms with Crippen LogP contribution in [0.5, 0.6) is 0 Å². The Morgan fingerprint density at radius 3 is 2.38 bits per heavy atom. The quantitative estimate of drug-likeness (QED) is 0.723. The van der Waals surface area contributed by atoms with Gasteiger partial charge >= 0.3 is 0 Å². The molecule has 120 valence electrons.